The summed E-state index contributed by atoms with van der Waals surface area (Å²) in [5.74, 6) is 0.201. The summed E-state index contributed by atoms with van der Waals surface area (Å²) < 4.78 is 12.2. The fourth-order valence-electron chi connectivity index (χ4n) is 2.35. The number of nitrogens with one attached hydrogen (secondary N) is 1. The Labute approximate surface area is 122 Å². The maximum Gasteiger partial charge on any atom is 0.355 e. The smallest absolute Gasteiger partial charge is 0.355 e. The molecule has 3 rings (SSSR count). The molecule has 0 radical (unpaired) electrons. The second-order valence-electron chi connectivity index (χ2n) is 5.28. The van der Waals surface area contributed by atoms with Crippen LogP contribution in [0.15, 0.2) is 16.5 Å². The average Bonchev–Trinajstić information content (AvgIpc) is 3.06. The fraction of sp³-hybridized carbons (Fsp3) is 0.467. The number of fused-ring (bicyclic) bond motifs is 1. The Hall–Kier alpha value is -2.24. The molecule has 1 aliphatic rings. The molecule has 112 valence electrons. The quantitative estimate of drug-likeness (QED) is 0.855. The largest absolute Gasteiger partial charge is 0.461 e. The van der Waals surface area contributed by atoms with Crippen molar-refractivity contribution in [1.82, 2.24) is 9.88 Å². The van der Waals surface area contributed by atoms with Gasteiger partial charge in [0.25, 0.3) is 0 Å². The van der Waals surface area contributed by atoms with E-state index in [4.69, 9.17) is 9.15 Å². The molecule has 0 saturated heterocycles. The van der Waals surface area contributed by atoms with Gasteiger partial charge in [0.1, 0.15) is 18.0 Å². The topological polar surface area (TPSA) is 73.5 Å². The SMILES string of the molecule is CCOC(=O)c1cc2oc(C)cc2n1CC(=O)NC1CC1. The van der Waals surface area contributed by atoms with Gasteiger partial charge in [-0.1, -0.05) is 0 Å². The van der Waals surface area contributed by atoms with Crippen molar-refractivity contribution in [2.75, 3.05) is 6.61 Å². The standard InChI is InChI=1S/C15H18N2O4/c1-3-20-15(19)12-7-13-11(6-9(2)21-13)17(12)8-14(18)16-10-4-5-10/h6-7,10H,3-5,8H2,1-2H3,(H,16,18). The van der Waals surface area contributed by atoms with Crippen molar-refractivity contribution < 1.29 is 18.7 Å². The van der Waals surface area contributed by atoms with Gasteiger partial charge in [0, 0.05) is 18.2 Å². The van der Waals surface area contributed by atoms with Gasteiger partial charge >= 0.3 is 5.97 Å². The van der Waals surface area contributed by atoms with Crippen LogP contribution in [-0.4, -0.2) is 29.1 Å². The lowest BCUT2D eigenvalue weighted by molar-refractivity contribution is -0.121. The van der Waals surface area contributed by atoms with Crippen molar-refractivity contribution in [2.45, 2.75) is 39.3 Å². The van der Waals surface area contributed by atoms with Crippen LogP contribution in [-0.2, 0) is 16.1 Å². The van der Waals surface area contributed by atoms with E-state index in [0.717, 1.165) is 24.1 Å². The minimum Gasteiger partial charge on any atom is -0.461 e. The van der Waals surface area contributed by atoms with Crippen LogP contribution < -0.4 is 5.32 Å². The minimum atomic E-state index is -0.444. The molecule has 0 bridgehead atoms. The molecule has 0 spiro atoms. The molecule has 2 aromatic rings. The molecule has 1 aliphatic carbocycles. The third kappa shape index (κ3) is 2.79. The Morgan fingerprint density at radius 1 is 1.43 bits per heavy atom. The lowest BCUT2D eigenvalue weighted by atomic mass is 10.4. The summed E-state index contributed by atoms with van der Waals surface area (Å²) in [6, 6.07) is 3.74. The summed E-state index contributed by atoms with van der Waals surface area (Å²) in [4.78, 5) is 24.0. The van der Waals surface area contributed by atoms with Crippen LogP contribution in [0.25, 0.3) is 11.1 Å². The number of amides is 1. The van der Waals surface area contributed by atoms with Gasteiger partial charge in [-0.2, -0.15) is 0 Å². The second kappa shape index (κ2) is 5.27. The average molecular weight is 290 g/mol. The molecule has 21 heavy (non-hydrogen) atoms. The lowest BCUT2D eigenvalue weighted by Gasteiger charge is -2.09. The molecule has 1 fully saturated rings. The third-order valence-corrected chi connectivity index (χ3v) is 3.44. The van der Waals surface area contributed by atoms with E-state index in [-0.39, 0.29) is 12.5 Å². The first-order valence-electron chi connectivity index (χ1n) is 7.14. The predicted molar refractivity (Wildman–Crippen MR) is 76.1 cm³/mol. The van der Waals surface area contributed by atoms with Crippen LogP contribution in [0.2, 0.25) is 0 Å². The number of rotatable bonds is 5. The number of hydrogen-bond donors (Lipinski definition) is 1. The molecule has 6 heteroatoms. The summed E-state index contributed by atoms with van der Waals surface area (Å²) in [5.41, 5.74) is 1.67. The van der Waals surface area contributed by atoms with Crippen LogP contribution in [0.1, 0.15) is 36.0 Å². The fourth-order valence-corrected chi connectivity index (χ4v) is 2.35. The third-order valence-electron chi connectivity index (χ3n) is 3.44. The molecule has 6 nitrogen and oxygen atoms in total. The van der Waals surface area contributed by atoms with Gasteiger partial charge in [0.15, 0.2) is 5.58 Å². The molecule has 0 aliphatic heterocycles. The first-order chi connectivity index (χ1) is 10.1. The van der Waals surface area contributed by atoms with Crippen molar-refractivity contribution in [3.63, 3.8) is 0 Å². The van der Waals surface area contributed by atoms with Gasteiger partial charge in [-0.3, -0.25) is 4.79 Å². The lowest BCUT2D eigenvalue weighted by Crippen LogP contribution is -2.30. The molecule has 1 amide bonds. The van der Waals surface area contributed by atoms with E-state index in [1.54, 1.807) is 17.6 Å². The van der Waals surface area contributed by atoms with Gasteiger partial charge < -0.3 is 19.0 Å². The summed E-state index contributed by atoms with van der Waals surface area (Å²) in [6.45, 7) is 3.96. The van der Waals surface area contributed by atoms with Gasteiger partial charge in [-0.25, -0.2) is 4.79 Å². The zero-order valence-corrected chi connectivity index (χ0v) is 12.1. The highest BCUT2D eigenvalue weighted by Crippen LogP contribution is 2.25. The molecule has 0 aromatic carbocycles. The first kappa shape index (κ1) is 13.7. The van der Waals surface area contributed by atoms with Crippen LogP contribution in [0, 0.1) is 6.92 Å². The van der Waals surface area contributed by atoms with E-state index in [9.17, 15) is 9.59 Å². The molecule has 1 saturated carbocycles. The summed E-state index contributed by atoms with van der Waals surface area (Å²) in [7, 11) is 0. The number of aromatic nitrogens is 1. The monoisotopic (exact) mass is 290 g/mol. The normalized spacial score (nSPS) is 14.4. The predicted octanol–water partition coefficient (Wildman–Crippen LogP) is 2.00. The molecular weight excluding hydrogens is 272 g/mol. The highest BCUT2D eigenvalue weighted by molar-refractivity contribution is 5.95. The van der Waals surface area contributed by atoms with Crippen LogP contribution in [0.4, 0.5) is 0 Å². The molecule has 0 atom stereocenters. The maximum absolute atomic E-state index is 12.0. The Bertz CT molecular complexity index is 694. The number of nitrogens with zero attached hydrogens (tertiary/aromatic N) is 1. The zero-order valence-electron chi connectivity index (χ0n) is 12.1. The Kier molecular flexibility index (Phi) is 3.45. The number of furan rings is 1. The van der Waals surface area contributed by atoms with E-state index in [2.05, 4.69) is 5.32 Å². The van der Waals surface area contributed by atoms with Crippen molar-refractivity contribution in [3.05, 3.63) is 23.6 Å². The summed E-state index contributed by atoms with van der Waals surface area (Å²) in [6.07, 6.45) is 2.06. The van der Waals surface area contributed by atoms with Crippen LogP contribution in [0.3, 0.4) is 0 Å². The van der Waals surface area contributed by atoms with Gasteiger partial charge in [-0.05, 0) is 26.7 Å². The van der Waals surface area contributed by atoms with E-state index < -0.39 is 5.97 Å². The number of esters is 1. The minimum absolute atomic E-state index is 0.0904. The Balaban J connectivity index is 1.92. The molecule has 1 N–H and O–H groups in total. The highest BCUT2D eigenvalue weighted by Gasteiger charge is 2.25. The number of hydrogen-bond acceptors (Lipinski definition) is 4. The van der Waals surface area contributed by atoms with Gasteiger partial charge in [0.2, 0.25) is 5.91 Å². The Morgan fingerprint density at radius 3 is 2.86 bits per heavy atom. The molecule has 2 heterocycles. The molecule has 2 aromatic heterocycles. The van der Waals surface area contributed by atoms with E-state index in [0.29, 0.717) is 23.9 Å². The van der Waals surface area contributed by atoms with Gasteiger partial charge in [0.05, 0.1) is 12.1 Å². The first-order valence-corrected chi connectivity index (χ1v) is 7.14. The highest BCUT2D eigenvalue weighted by atomic mass is 16.5. The van der Waals surface area contributed by atoms with Crippen molar-refractivity contribution in [3.8, 4) is 0 Å². The number of aryl methyl sites for hydroxylation is 1. The zero-order chi connectivity index (χ0) is 15.0. The molecular formula is C15H18N2O4. The number of carbonyl (C=O) groups excluding carboxylic acids is 2. The van der Waals surface area contributed by atoms with E-state index in [1.807, 2.05) is 13.0 Å². The van der Waals surface area contributed by atoms with Crippen molar-refractivity contribution in [1.29, 1.82) is 0 Å². The Morgan fingerprint density at radius 2 is 2.19 bits per heavy atom. The molecule has 0 unspecified atom stereocenters. The summed E-state index contributed by atoms with van der Waals surface area (Å²) in [5, 5.41) is 2.92. The van der Waals surface area contributed by atoms with E-state index in [1.165, 1.54) is 0 Å². The number of ether oxygens (including phenoxy) is 1. The second-order valence-corrected chi connectivity index (χ2v) is 5.28. The van der Waals surface area contributed by atoms with Gasteiger partial charge in [-0.15, -0.1) is 0 Å². The van der Waals surface area contributed by atoms with Crippen LogP contribution in [0.5, 0.6) is 0 Å². The van der Waals surface area contributed by atoms with Crippen molar-refractivity contribution in [2.24, 2.45) is 0 Å². The van der Waals surface area contributed by atoms with Crippen LogP contribution >= 0.6 is 0 Å². The maximum atomic E-state index is 12.0. The summed E-state index contributed by atoms with van der Waals surface area (Å²) >= 11 is 0. The number of carbonyl (C=O) groups is 2. The van der Waals surface area contributed by atoms with E-state index >= 15 is 0 Å². The van der Waals surface area contributed by atoms with Crippen molar-refractivity contribution >= 4 is 23.0 Å².